The lowest BCUT2D eigenvalue weighted by Gasteiger charge is -2.27. The highest BCUT2D eigenvalue weighted by molar-refractivity contribution is 6.42. The number of pyridine rings is 1. The number of hydrogen-bond acceptors (Lipinski definition) is 6. The SMILES string of the molecule is CN(Cc1ccc(-c2nn[nH]n2)cn1)C(CO)c1cccc(Cl)c1Cl. The van der Waals surface area contributed by atoms with E-state index in [0.29, 0.717) is 22.4 Å². The van der Waals surface area contributed by atoms with Crippen LogP contribution in [0.5, 0.6) is 0 Å². The van der Waals surface area contributed by atoms with Gasteiger partial charge in [0.25, 0.3) is 0 Å². The summed E-state index contributed by atoms with van der Waals surface area (Å²) in [5.41, 5.74) is 2.39. The fourth-order valence-electron chi connectivity index (χ4n) is 2.55. The van der Waals surface area contributed by atoms with E-state index in [0.717, 1.165) is 16.8 Å². The van der Waals surface area contributed by atoms with Crippen molar-refractivity contribution in [2.24, 2.45) is 0 Å². The Labute approximate surface area is 154 Å². The van der Waals surface area contributed by atoms with Crippen LogP contribution in [0.1, 0.15) is 17.3 Å². The highest BCUT2D eigenvalue weighted by Crippen LogP contribution is 2.32. The molecule has 2 N–H and O–H groups in total. The quantitative estimate of drug-likeness (QED) is 0.685. The van der Waals surface area contributed by atoms with E-state index in [9.17, 15) is 5.11 Å². The molecule has 3 rings (SSSR count). The monoisotopic (exact) mass is 378 g/mol. The second-order valence-electron chi connectivity index (χ2n) is 5.53. The third-order valence-corrected chi connectivity index (χ3v) is 4.72. The molecule has 0 radical (unpaired) electrons. The fourth-order valence-corrected chi connectivity index (χ4v) is 2.99. The zero-order valence-electron chi connectivity index (χ0n) is 13.4. The number of likely N-dealkylation sites (N-methyl/N-ethyl adjacent to an activating group) is 1. The van der Waals surface area contributed by atoms with Crippen LogP contribution >= 0.6 is 23.2 Å². The predicted molar refractivity (Wildman–Crippen MR) is 95.2 cm³/mol. The van der Waals surface area contributed by atoms with Gasteiger partial charge < -0.3 is 5.11 Å². The molecule has 0 aliphatic rings. The first-order chi connectivity index (χ1) is 12.1. The van der Waals surface area contributed by atoms with E-state index in [1.807, 2.05) is 36.2 Å². The van der Waals surface area contributed by atoms with Crippen molar-refractivity contribution in [1.82, 2.24) is 30.5 Å². The van der Waals surface area contributed by atoms with Gasteiger partial charge in [0, 0.05) is 18.3 Å². The fraction of sp³-hybridized carbons (Fsp3) is 0.250. The van der Waals surface area contributed by atoms with Crippen molar-refractivity contribution in [2.75, 3.05) is 13.7 Å². The van der Waals surface area contributed by atoms with Crippen LogP contribution in [-0.4, -0.2) is 49.3 Å². The van der Waals surface area contributed by atoms with Gasteiger partial charge in [0.1, 0.15) is 0 Å². The molecule has 7 nitrogen and oxygen atoms in total. The maximum Gasteiger partial charge on any atom is 0.206 e. The summed E-state index contributed by atoms with van der Waals surface area (Å²) in [6, 6.07) is 8.87. The minimum atomic E-state index is -0.287. The van der Waals surface area contributed by atoms with Crippen LogP contribution in [0.2, 0.25) is 10.0 Å². The van der Waals surface area contributed by atoms with Gasteiger partial charge in [-0.3, -0.25) is 9.88 Å². The van der Waals surface area contributed by atoms with Crippen molar-refractivity contribution >= 4 is 23.2 Å². The minimum absolute atomic E-state index is 0.0858. The van der Waals surface area contributed by atoms with Crippen molar-refractivity contribution in [3.63, 3.8) is 0 Å². The summed E-state index contributed by atoms with van der Waals surface area (Å²) in [5, 5.41) is 24.5. The molecule has 2 heterocycles. The Morgan fingerprint density at radius 3 is 2.72 bits per heavy atom. The third-order valence-electron chi connectivity index (χ3n) is 3.89. The van der Waals surface area contributed by atoms with Gasteiger partial charge in [-0.25, -0.2) is 0 Å². The topological polar surface area (TPSA) is 90.8 Å². The first kappa shape index (κ1) is 17.8. The summed E-state index contributed by atoms with van der Waals surface area (Å²) < 4.78 is 0. The Hall–Kier alpha value is -2.06. The number of aromatic amines is 1. The summed E-state index contributed by atoms with van der Waals surface area (Å²) in [5.74, 6) is 0.492. The molecule has 0 saturated heterocycles. The molecule has 0 bridgehead atoms. The molecule has 0 aliphatic heterocycles. The second-order valence-corrected chi connectivity index (χ2v) is 6.32. The lowest BCUT2D eigenvalue weighted by Crippen LogP contribution is -2.27. The standard InChI is InChI=1S/C16H16Cl2N6O/c1-24(14(9-25)12-3-2-4-13(17)15(12)18)8-11-6-5-10(7-19-11)16-20-22-23-21-16/h2-7,14,25H,8-9H2,1H3,(H,20,21,22,23). The number of nitrogens with one attached hydrogen (secondary N) is 1. The van der Waals surface area contributed by atoms with Crippen molar-refractivity contribution in [3.8, 4) is 11.4 Å². The number of aliphatic hydroxyl groups excluding tert-OH is 1. The molecule has 0 amide bonds. The van der Waals surface area contributed by atoms with Gasteiger partial charge in [0.15, 0.2) is 0 Å². The maximum absolute atomic E-state index is 9.82. The third kappa shape index (κ3) is 3.96. The Bertz CT molecular complexity index is 825. The van der Waals surface area contributed by atoms with Crippen LogP contribution in [0.25, 0.3) is 11.4 Å². The van der Waals surface area contributed by atoms with E-state index in [4.69, 9.17) is 23.2 Å². The van der Waals surface area contributed by atoms with Gasteiger partial charge in [-0.1, -0.05) is 35.3 Å². The maximum atomic E-state index is 9.82. The number of rotatable bonds is 6. The Kier molecular flexibility index (Phi) is 5.60. The Morgan fingerprint density at radius 2 is 2.08 bits per heavy atom. The summed E-state index contributed by atoms with van der Waals surface area (Å²) in [6.45, 7) is 0.443. The molecule has 0 saturated carbocycles. The van der Waals surface area contributed by atoms with Crippen molar-refractivity contribution in [3.05, 3.63) is 57.8 Å². The molecule has 25 heavy (non-hydrogen) atoms. The number of H-pyrrole nitrogens is 1. The zero-order chi connectivity index (χ0) is 17.8. The van der Waals surface area contributed by atoms with E-state index in [2.05, 4.69) is 25.6 Å². The van der Waals surface area contributed by atoms with Gasteiger partial charge in [0.05, 0.1) is 28.4 Å². The van der Waals surface area contributed by atoms with E-state index in [-0.39, 0.29) is 12.6 Å². The summed E-state index contributed by atoms with van der Waals surface area (Å²) >= 11 is 12.4. The molecule has 0 fully saturated rings. The van der Waals surface area contributed by atoms with Crippen LogP contribution in [0.3, 0.4) is 0 Å². The minimum Gasteiger partial charge on any atom is -0.394 e. The van der Waals surface area contributed by atoms with Crippen LogP contribution in [-0.2, 0) is 6.54 Å². The van der Waals surface area contributed by atoms with Gasteiger partial charge >= 0.3 is 0 Å². The normalized spacial score (nSPS) is 12.5. The molecule has 130 valence electrons. The van der Waals surface area contributed by atoms with E-state index < -0.39 is 0 Å². The van der Waals surface area contributed by atoms with Crippen molar-refractivity contribution in [2.45, 2.75) is 12.6 Å². The largest absolute Gasteiger partial charge is 0.394 e. The van der Waals surface area contributed by atoms with Crippen LogP contribution in [0.15, 0.2) is 36.5 Å². The molecule has 0 spiro atoms. The molecule has 1 aromatic carbocycles. The highest BCUT2D eigenvalue weighted by atomic mass is 35.5. The van der Waals surface area contributed by atoms with Crippen LogP contribution < -0.4 is 0 Å². The molecule has 1 atom stereocenters. The molecule has 2 aromatic heterocycles. The van der Waals surface area contributed by atoms with Gasteiger partial charge in [-0.2, -0.15) is 5.21 Å². The van der Waals surface area contributed by atoms with Gasteiger partial charge in [-0.15, -0.1) is 10.2 Å². The number of benzene rings is 1. The molecule has 0 aliphatic carbocycles. The number of aliphatic hydroxyl groups is 1. The number of aromatic nitrogens is 5. The molecule has 3 aromatic rings. The first-order valence-electron chi connectivity index (χ1n) is 7.54. The lowest BCUT2D eigenvalue weighted by molar-refractivity contribution is 0.141. The van der Waals surface area contributed by atoms with Crippen molar-refractivity contribution in [1.29, 1.82) is 0 Å². The highest BCUT2D eigenvalue weighted by Gasteiger charge is 2.20. The van der Waals surface area contributed by atoms with Crippen LogP contribution in [0, 0.1) is 0 Å². The Morgan fingerprint density at radius 1 is 1.24 bits per heavy atom. The molecule has 9 heteroatoms. The number of nitrogens with zero attached hydrogens (tertiary/aromatic N) is 5. The summed E-state index contributed by atoms with van der Waals surface area (Å²) in [4.78, 5) is 6.39. The van der Waals surface area contributed by atoms with Gasteiger partial charge in [0.2, 0.25) is 5.82 Å². The van der Waals surface area contributed by atoms with Crippen LogP contribution in [0.4, 0.5) is 0 Å². The Balaban J connectivity index is 1.76. The second kappa shape index (κ2) is 7.88. The molecular formula is C16H16Cl2N6O. The number of hydrogen-bond donors (Lipinski definition) is 2. The van der Waals surface area contributed by atoms with Crippen molar-refractivity contribution < 1.29 is 5.11 Å². The zero-order valence-corrected chi connectivity index (χ0v) is 14.9. The first-order valence-corrected chi connectivity index (χ1v) is 8.29. The smallest absolute Gasteiger partial charge is 0.206 e. The predicted octanol–water partition coefficient (Wildman–Crippen LogP) is 2.73. The number of halogens is 2. The lowest BCUT2D eigenvalue weighted by atomic mass is 10.1. The number of tetrazole rings is 1. The van der Waals surface area contributed by atoms with E-state index in [1.54, 1.807) is 12.3 Å². The summed E-state index contributed by atoms with van der Waals surface area (Å²) in [6.07, 6.45) is 1.69. The van der Waals surface area contributed by atoms with E-state index in [1.165, 1.54) is 0 Å². The van der Waals surface area contributed by atoms with E-state index >= 15 is 0 Å². The summed E-state index contributed by atoms with van der Waals surface area (Å²) in [7, 11) is 1.90. The average molecular weight is 379 g/mol. The average Bonchev–Trinajstić information content (AvgIpc) is 3.14. The molecular weight excluding hydrogens is 363 g/mol. The molecule has 1 unspecified atom stereocenters. The van der Waals surface area contributed by atoms with Gasteiger partial charge in [-0.05, 0) is 36.0 Å².